The average Bonchev–Trinajstić information content (AvgIpc) is 3.00. The highest BCUT2D eigenvalue weighted by molar-refractivity contribution is 6.03. The van der Waals surface area contributed by atoms with Crippen molar-refractivity contribution in [3.8, 4) is 0 Å². The number of carbonyl (C=O) groups is 2. The van der Waals surface area contributed by atoms with Crippen molar-refractivity contribution in [2.24, 2.45) is 0 Å². The maximum Gasteiger partial charge on any atom is 0.276 e. The SMILES string of the molecule is CCCn1nc(C(=O)Nc2ccc3c(c2)CCN3C(C)=O)ccc1=O. The van der Waals surface area contributed by atoms with Crippen molar-refractivity contribution in [1.29, 1.82) is 0 Å². The second-order valence-electron chi connectivity index (χ2n) is 6.00. The van der Waals surface area contributed by atoms with Crippen molar-refractivity contribution in [3.05, 3.63) is 51.9 Å². The molecule has 2 heterocycles. The molecule has 7 nitrogen and oxygen atoms in total. The molecule has 25 heavy (non-hydrogen) atoms. The van der Waals surface area contributed by atoms with Gasteiger partial charge in [0.2, 0.25) is 5.91 Å². The molecule has 0 saturated carbocycles. The van der Waals surface area contributed by atoms with E-state index >= 15 is 0 Å². The Balaban J connectivity index is 1.79. The number of hydrogen-bond acceptors (Lipinski definition) is 4. The normalized spacial score (nSPS) is 12.8. The summed E-state index contributed by atoms with van der Waals surface area (Å²) in [6, 6.07) is 8.25. The summed E-state index contributed by atoms with van der Waals surface area (Å²) in [5.74, 6) is -0.357. The van der Waals surface area contributed by atoms with Gasteiger partial charge in [0.1, 0.15) is 5.69 Å². The molecule has 1 aromatic carbocycles. The average molecular weight is 340 g/mol. The smallest absolute Gasteiger partial charge is 0.276 e. The molecule has 0 unspecified atom stereocenters. The number of rotatable bonds is 4. The number of carbonyl (C=O) groups excluding carboxylic acids is 2. The molecule has 0 spiro atoms. The van der Waals surface area contributed by atoms with Crippen molar-refractivity contribution >= 4 is 23.2 Å². The van der Waals surface area contributed by atoms with E-state index in [9.17, 15) is 14.4 Å². The third-order valence-corrected chi connectivity index (χ3v) is 4.15. The molecule has 0 saturated heterocycles. The monoisotopic (exact) mass is 340 g/mol. The van der Waals surface area contributed by atoms with Crippen LogP contribution in [-0.4, -0.2) is 28.1 Å². The first-order valence-corrected chi connectivity index (χ1v) is 8.30. The molecule has 0 radical (unpaired) electrons. The third-order valence-electron chi connectivity index (χ3n) is 4.15. The molecule has 1 aliphatic rings. The van der Waals surface area contributed by atoms with Gasteiger partial charge in [0.15, 0.2) is 0 Å². The van der Waals surface area contributed by atoms with Gasteiger partial charge in [-0.3, -0.25) is 14.4 Å². The Morgan fingerprint density at radius 2 is 2.04 bits per heavy atom. The molecular weight excluding hydrogens is 320 g/mol. The van der Waals surface area contributed by atoms with Gasteiger partial charge >= 0.3 is 0 Å². The van der Waals surface area contributed by atoms with Crippen LogP contribution in [0.5, 0.6) is 0 Å². The Hall–Kier alpha value is -2.96. The van der Waals surface area contributed by atoms with E-state index in [0.29, 0.717) is 18.8 Å². The van der Waals surface area contributed by atoms with Crippen molar-refractivity contribution in [3.63, 3.8) is 0 Å². The highest BCUT2D eigenvalue weighted by Crippen LogP contribution is 2.30. The number of hydrogen-bond donors (Lipinski definition) is 1. The lowest BCUT2D eigenvalue weighted by Crippen LogP contribution is -2.26. The van der Waals surface area contributed by atoms with E-state index in [4.69, 9.17) is 0 Å². The number of aromatic nitrogens is 2. The van der Waals surface area contributed by atoms with Crippen LogP contribution >= 0.6 is 0 Å². The Morgan fingerprint density at radius 1 is 1.24 bits per heavy atom. The summed E-state index contributed by atoms with van der Waals surface area (Å²) in [5.41, 5.74) is 2.53. The second kappa shape index (κ2) is 6.88. The van der Waals surface area contributed by atoms with Gasteiger partial charge in [-0.25, -0.2) is 4.68 Å². The van der Waals surface area contributed by atoms with Crippen molar-refractivity contribution in [1.82, 2.24) is 9.78 Å². The molecule has 0 aliphatic carbocycles. The standard InChI is InChI=1S/C18H20N4O3/c1-3-9-22-17(24)7-5-15(20-22)18(25)19-14-4-6-16-13(11-14)8-10-21(16)12(2)23/h4-7,11H,3,8-10H2,1-2H3,(H,19,25). The largest absolute Gasteiger partial charge is 0.321 e. The fourth-order valence-electron chi connectivity index (χ4n) is 2.94. The molecule has 0 fully saturated rings. The van der Waals surface area contributed by atoms with Crippen LogP contribution in [0.15, 0.2) is 35.1 Å². The van der Waals surface area contributed by atoms with Crippen molar-refractivity contribution < 1.29 is 9.59 Å². The summed E-state index contributed by atoms with van der Waals surface area (Å²) in [4.78, 5) is 37.4. The van der Waals surface area contributed by atoms with Crippen LogP contribution in [-0.2, 0) is 17.8 Å². The lowest BCUT2D eigenvalue weighted by atomic mass is 10.1. The first-order chi connectivity index (χ1) is 12.0. The van der Waals surface area contributed by atoms with Gasteiger partial charge in [0.25, 0.3) is 11.5 Å². The van der Waals surface area contributed by atoms with E-state index in [-0.39, 0.29) is 23.1 Å². The number of nitrogens with one attached hydrogen (secondary N) is 1. The Bertz CT molecular complexity index is 888. The zero-order chi connectivity index (χ0) is 18.0. The molecule has 1 N–H and O–H groups in total. The number of anilines is 2. The Labute approximate surface area is 145 Å². The summed E-state index contributed by atoms with van der Waals surface area (Å²) in [6.07, 6.45) is 1.52. The van der Waals surface area contributed by atoms with E-state index in [1.54, 1.807) is 17.9 Å². The molecule has 1 aliphatic heterocycles. The minimum atomic E-state index is -0.369. The van der Waals surface area contributed by atoms with Crippen LogP contribution in [0.25, 0.3) is 0 Å². The Kier molecular flexibility index (Phi) is 4.65. The summed E-state index contributed by atoms with van der Waals surface area (Å²) in [7, 11) is 0. The summed E-state index contributed by atoms with van der Waals surface area (Å²) in [5, 5.41) is 6.91. The maximum atomic E-state index is 12.4. The van der Waals surface area contributed by atoms with Gasteiger partial charge in [0, 0.05) is 37.5 Å². The van der Waals surface area contributed by atoms with E-state index in [1.165, 1.54) is 16.8 Å². The second-order valence-corrected chi connectivity index (χ2v) is 6.00. The lowest BCUT2D eigenvalue weighted by molar-refractivity contribution is -0.116. The van der Waals surface area contributed by atoms with Gasteiger partial charge in [-0.15, -0.1) is 0 Å². The van der Waals surface area contributed by atoms with Crippen LogP contribution in [0.2, 0.25) is 0 Å². The molecule has 0 bridgehead atoms. The number of nitrogens with zero attached hydrogens (tertiary/aromatic N) is 3. The quantitative estimate of drug-likeness (QED) is 0.920. The summed E-state index contributed by atoms with van der Waals surface area (Å²) in [6.45, 7) is 4.61. The van der Waals surface area contributed by atoms with Crippen molar-refractivity contribution in [2.45, 2.75) is 33.2 Å². The zero-order valence-electron chi connectivity index (χ0n) is 14.3. The van der Waals surface area contributed by atoms with Gasteiger partial charge in [-0.05, 0) is 42.7 Å². The van der Waals surface area contributed by atoms with E-state index < -0.39 is 0 Å². The van der Waals surface area contributed by atoms with Crippen LogP contribution in [0, 0.1) is 0 Å². The first kappa shape index (κ1) is 16.9. The highest BCUT2D eigenvalue weighted by atomic mass is 16.2. The fraction of sp³-hybridized carbons (Fsp3) is 0.333. The molecule has 2 amide bonds. The number of aryl methyl sites for hydroxylation is 1. The molecule has 3 rings (SSSR count). The van der Waals surface area contributed by atoms with Crippen LogP contribution < -0.4 is 15.8 Å². The molecule has 7 heteroatoms. The maximum absolute atomic E-state index is 12.4. The number of benzene rings is 1. The van der Waals surface area contributed by atoms with Gasteiger partial charge in [-0.1, -0.05) is 6.92 Å². The Morgan fingerprint density at radius 3 is 2.76 bits per heavy atom. The van der Waals surface area contributed by atoms with Crippen LogP contribution in [0.1, 0.15) is 36.3 Å². The topological polar surface area (TPSA) is 84.3 Å². The van der Waals surface area contributed by atoms with Crippen LogP contribution in [0.3, 0.4) is 0 Å². The van der Waals surface area contributed by atoms with E-state index in [0.717, 1.165) is 24.1 Å². The van der Waals surface area contributed by atoms with E-state index in [1.807, 2.05) is 19.1 Å². The van der Waals surface area contributed by atoms with Gasteiger partial charge < -0.3 is 10.2 Å². The molecule has 2 aromatic rings. The number of fused-ring (bicyclic) bond motifs is 1. The predicted molar refractivity (Wildman–Crippen MR) is 94.9 cm³/mol. The molecule has 130 valence electrons. The van der Waals surface area contributed by atoms with Gasteiger partial charge in [0.05, 0.1) is 0 Å². The summed E-state index contributed by atoms with van der Waals surface area (Å²) >= 11 is 0. The summed E-state index contributed by atoms with van der Waals surface area (Å²) < 4.78 is 1.29. The third kappa shape index (κ3) is 3.45. The van der Waals surface area contributed by atoms with E-state index in [2.05, 4.69) is 10.4 Å². The first-order valence-electron chi connectivity index (χ1n) is 8.30. The fourth-order valence-corrected chi connectivity index (χ4v) is 2.94. The molecule has 0 atom stereocenters. The lowest BCUT2D eigenvalue weighted by Gasteiger charge is -2.15. The minimum Gasteiger partial charge on any atom is -0.321 e. The number of amides is 2. The van der Waals surface area contributed by atoms with Crippen LogP contribution in [0.4, 0.5) is 11.4 Å². The van der Waals surface area contributed by atoms with Gasteiger partial charge in [-0.2, -0.15) is 5.10 Å². The van der Waals surface area contributed by atoms with Crippen molar-refractivity contribution in [2.75, 3.05) is 16.8 Å². The minimum absolute atomic E-state index is 0.0120. The molecular formula is C18H20N4O3. The molecule has 1 aromatic heterocycles. The highest BCUT2D eigenvalue weighted by Gasteiger charge is 2.22. The predicted octanol–water partition coefficient (Wildman–Crippen LogP) is 1.81. The zero-order valence-corrected chi connectivity index (χ0v) is 14.3.